The highest BCUT2D eigenvalue weighted by molar-refractivity contribution is 6.00. The number of rotatable bonds is 6. The van der Waals surface area contributed by atoms with Crippen molar-refractivity contribution in [1.29, 1.82) is 0 Å². The third-order valence-corrected chi connectivity index (χ3v) is 4.76. The maximum Gasteiger partial charge on any atom is 0.267 e. The van der Waals surface area contributed by atoms with Crippen molar-refractivity contribution in [3.63, 3.8) is 0 Å². The van der Waals surface area contributed by atoms with Crippen LogP contribution >= 0.6 is 0 Å². The molecule has 0 aromatic heterocycles. The van der Waals surface area contributed by atoms with Gasteiger partial charge in [-0.05, 0) is 38.5 Å². The van der Waals surface area contributed by atoms with Crippen LogP contribution in [0, 0.1) is 0 Å². The fourth-order valence-electron chi connectivity index (χ4n) is 3.28. The molecule has 0 fully saturated rings. The van der Waals surface area contributed by atoms with Crippen LogP contribution in [0.5, 0.6) is 5.75 Å². The predicted molar refractivity (Wildman–Crippen MR) is 106 cm³/mol. The fraction of sp³-hybridized carbons (Fsp3) is 0.364. The summed E-state index contributed by atoms with van der Waals surface area (Å²) in [6.45, 7) is 6.68. The summed E-state index contributed by atoms with van der Waals surface area (Å²) in [6, 6.07) is 17.5. The molecule has 1 aliphatic heterocycles. The largest absolute Gasteiger partial charge is 0.479 e. The van der Waals surface area contributed by atoms with Gasteiger partial charge in [0.05, 0.1) is 5.69 Å². The minimum absolute atomic E-state index is 0.0401. The van der Waals surface area contributed by atoms with Gasteiger partial charge in [0.2, 0.25) is 5.91 Å². The molecule has 3 rings (SSSR count). The van der Waals surface area contributed by atoms with Crippen LogP contribution in [0.1, 0.15) is 32.8 Å². The average molecular weight is 366 g/mol. The maximum absolute atomic E-state index is 12.9. The molecule has 2 aromatic rings. The summed E-state index contributed by atoms with van der Waals surface area (Å²) in [5, 5.41) is 0. The molecule has 1 unspecified atom stereocenters. The van der Waals surface area contributed by atoms with Gasteiger partial charge in [0.25, 0.3) is 5.91 Å². The summed E-state index contributed by atoms with van der Waals surface area (Å²) in [5.74, 6) is 0.612. The van der Waals surface area contributed by atoms with E-state index in [9.17, 15) is 9.59 Å². The summed E-state index contributed by atoms with van der Waals surface area (Å²) in [4.78, 5) is 29.0. The van der Waals surface area contributed by atoms with E-state index < -0.39 is 6.10 Å². The Hall–Kier alpha value is -2.82. The summed E-state index contributed by atoms with van der Waals surface area (Å²) < 4.78 is 5.66. The fourth-order valence-corrected chi connectivity index (χ4v) is 3.28. The Labute approximate surface area is 160 Å². The Kier molecular flexibility index (Phi) is 5.79. The average Bonchev–Trinajstić information content (AvgIpc) is 2.67. The van der Waals surface area contributed by atoms with E-state index in [4.69, 9.17) is 4.74 Å². The van der Waals surface area contributed by atoms with Gasteiger partial charge in [0.15, 0.2) is 6.10 Å². The quantitative estimate of drug-likeness (QED) is 0.784. The van der Waals surface area contributed by atoms with E-state index in [0.717, 1.165) is 11.3 Å². The van der Waals surface area contributed by atoms with Gasteiger partial charge in [0, 0.05) is 25.6 Å². The van der Waals surface area contributed by atoms with E-state index in [-0.39, 0.29) is 24.3 Å². The molecule has 2 amide bonds. The number of nitrogens with zero attached hydrogens (tertiary/aromatic N) is 2. The predicted octanol–water partition coefficient (Wildman–Crippen LogP) is 3.63. The molecule has 0 saturated carbocycles. The molecule has 0 bridgehead atoms. The molecule has 0 aliphatic carbocycles. The highest BCUT2D eigenvalue weighted by Gasteiger charge is 2.31. The monoisotopic (exact) mass is 366 g/mol. The van der Waals surface area contributed by atoms with E-state index in [1.54, 1.807) is 11.8 Å². The number of carbonyl (C=O) groups excluding carboxylic acids is 2. The second-order valence-electron chi connectivity index (χ2n) is 7.07. The molecular formula is C22H26N2O3. The molecule has 5 heteroatoms. The van der Waals surface area contributed by atoms with Crippen molar-refractivity contribution < 1.29 is 14.3 Å². The van der Waals surface area contributed by atoms with E-state index in [0.29, 0.717) is 18.8 Å². The molecule has 27 heavy (non-hydrogen) atoms. The Morgan fingerprint density at radius 2 is 1.78 bits per heavy atom. The number of hydrogen-bond acceptors (Lipinski definition) is 3. The lowest BCUT2D eigenvalue weighted by Gasteiger charge is -2.34. The van der Waals surface area contributed by atoms with E-state index in [2.05, 4.69) is 0 Å². The highest BCUT2D eigenvalue weighted by Crippen LogP contribution is 2.33. The number of hydrogen-bond donors (Lipinski definition) is 0. The summed E-state index contributed by atoms with van der Waals surface area (Å²) in [5.41, 5.74) is 1.83. The second kappa shape index (κ2) is 8.25. The number of ether oxygens (including phenoxy) is 1. The molecule has 5 nitrogen and oxygen atoms in total. The van der Waals surface area contributed by atoms with Crippen LogP contribution in [-0.2, 0) is 16.1 Å². The first kappa shape index (κ1) is 19.0. The second-order valence-corrected chi connectivity index (χ2v) is 7.07. The van der Waals surface area contributed by atoms with Gasteiger partial charge >= 0.3 is 0 Å². The topological polar surface area (TPSA) is 49.9 Å². The zero-order chi connectivity index (χ0) is 19.4. The first-order chi connectivity index (χ1) is 13.0. The third-order valence-electron chi connectivity index (χ3n) is 4.76. The molecule has 2 aromatic carbocycles. The van der Waals surface area contributed by atoms with Crippen molar-refractivity contribution in [2.45, 2.75) is 45.9 Å². The van der Waals surface area contributed by atoms with Gasteiger partial charge in [-0.25, -0.2) is 0 Å². The van der Waals surface area contributed by atoms with Crippen LogP contribution in [0.25, 0.3) is 0 Å². The number of fused-ring (bicyclic) bond motifs is 1. The van der Waals surface area contributed by atoms with Crippen molar-refractivity contribution >= 4 is 17.5 Å². The van der Waals surface area contributed by atoms with E-state index >= 15 is 0 Å². The first-order valence-electron chi connectivity index (χ1n) is 9.38. The zero-order valence-corrected chi connectivity index (χ0v) is 16.1. The normalized spacial score (nSPS) is 16.1. The molecule has 0 saturated heterocycles. The zero-order valence-electron chi connectivity index (χ0n) is 16.1. The van der Waals surface area contributed by atoms with Crippen LogP contribution in [-0.4, -0.2) is 35.4 Å². The Morgan fingerprint density at radius 3 is 2.48 bits per heavy atom. The lowest BCUT2D eigenvalue weighted by atomic mass is 10.1. The Bertz CT molecular complexity index is 804. The molecule has 1 heterocycles. The number of para-hydroxylation sites is 2. The molecule has 0 N–H and O–H groups in total. The van der Waals surface area contributed by atoms with Gasteiger partial charge < -0.3 is 14.5 Å². The number of amides is 2. The van der Waals surface area contributed by atoms with Crippen LogP contribution in [0.4, 0.5) is 5.69 Å². The van der Waals surface area contributed by atoms with Gasteiger partial charge in [-0.2, -0.15) is 0 Å². The molecular weight excluding hydrogens is 340 g/mol. The minimum Gasteiger partial charge on any atom is -0.479 e. The Balaban J connectivity index is 1.71. The van der Waals surface area contributed by atoms with Crippen molar-refractivity contribution in [2.24, 2.45) is 0 Å². The lowest BCUT2D eigenvalue weighted by molar-refractivity contribution is -0.133. The SMILES string of the molecule is CC1Oc2ccccc2N(CCC(=O)N(Cc2ccccc2)C(C)C)C1=O. The van der Waals surface area contributed by atoms with Crippen LogP contribution in [0.3, 0.4) is 0 Å². The highest BCUT2D eigenvalue weighted by atomic mass is 16.5. The standard InChI is InChI=1S/C22H26N2O3/c1-16(2)24(15-18-9-5-4-6-10-18)21(25)13-14-23-19-11-7-8-12-20(19)27-17(3)22(23)26/h4-12,16-17H,13-15H2,1-3H3. The summed E-state index contributed by atoms with van der Waals surface area (Å²) in [7, 11) is 0. The lowest BCUT2D eigenvalue weighted by Crippen LogP contribution is -2.46. The smallest absolute Gasteiger partial charge is 0.267 e. The number of carbonyl (C=O) groups is 2. The van der Waals surface area contributed by atoms with Gasteiger partial charge in [0.1, 0.15) is 5.75 Å². The minimum atomic E-state index is -0.541. The molecule has 1 atom stereocenters. The molecule has 1 aliphatic rings. The number of anilines is 1. The van der Waals surface area contributed by atoms with Crippen molar-refractivity contribution in [2.75, 3.05) is 11.4 Å². The van der Waals surface area contributed by atoms with Crippen LogP contribution in [0.15, 0.2) is 54.6 Å². The number of benzene rings is 2. The molecule has 0 spiro atoms. The van der Waals surface area contributed by atoms with Gasteiger partial charge in [-0.1, -0.05) is 42.5 Å². The van der Waals surface area contributed by atoms with E-state index in [1.165, 1.54) is 0 Å². The maximum atomic E-state index is 12.9. The van der Waals surface area contributed by atoms with Crippen LogP contribution in [0.2, 0.25) is 0 Å². The Morgan fingerprint density at radius 1 is 1.11 bits per heavy atom. The van der Waals surface area contributed by atoms with Crippen molar-refractivity contribution in [3.05, 3.63) is 60.2 Å². The van der Waals surface area contributed by atoms with Gasteiger partial charge in [-0.3, -0.25) is 9.59 Å². The van der Waals surface area contributed by atoms with Crippen molar-refractivity contribution in [3.8, 4) is 5.75 Å². The molecule has 0 radical (unpaired) electrons. The van der Waals surface area contributed by atoms with Crippen molar-refractivity contribution in [1.82, 2.24) is 4.90 Å². The third kappa shape index (κ3) is 4.30. The first-order valence-corrected chi connectivity index (χ1v) is 9.38. The summed E-state index contributed by atoms with van der Waals surface area (Å²) >= 11 is 0. The van der Waals surface area contributed by atoms with Crippen LogP contribution < -0.4 is 9.64 Å². The summed E-state index contributed by atoms with van der Waals surface area (Å²) in [6.07, 6.45) is -0.266. The van der Waals surface area contributed by atoms with Gasteiger partial charge in [-0.15, -0.1) is 0 Å². The molecule has 142 valence electrons. The van der Waals surface area contributed by atoms with E-state index in [1.807, 2.05) is 73.3 Å².